The van der Waals surface area contributed by atoms with Crippen molar-refractivity contribution >= 4 is 10.1 Å². The van der Waals surface area contributed by atoms with Crippen LogP contribution in [0.5, 0.6) is 0 Å². The molecule has 5 atom stereocenters. The molecule has 24 heavy (non-hydrogen) atoms. The third-order valence-corrected chi connectivity index (χ3v) is 7.25. The van der Waals surface area contributed by atoms with E-state index >= 15 is 0 Å². The summed E-state index contributed by atoms with van der Waals surface area (Å²) >= 11 is 0. The van der Waals surface area contributed by atoms with Crippen molar-refractivity contribution in [1.29, 1.82) is 0 Å². The van der Waals surface area contributed by atoms with Gasteiger partial charge in [0.25, 0.3) is 0 Å². The van der Waals surface area contributed by atoms with Crippen molar-refractivity contribution in [3.63, 3.8) is 0 Å². The number of azo groups is 1. The van der Waals surface area contributed by atoms with Gasteiger partial charge in [0, 0.05) is 5.25 Å². The Bertz CT molecular complexity index is 536. The maximum absolute atomic E-state index is 11.3. The molecule has 0 saturated heterocycles. The molecule has 0 radical (unpaired) electrons. The first-order valence-corrected chi connectivity index (χ1v) is 10.4. The zero-order valence-electron chi connectivity index (χ0n) is 14.5. The number of hydrogen-bond acceptors (Lipinski definition) is 6. The van der Waals surface area contributed by atoms with E-state index in [0.29, 0.717) is 25.7 Å². The Kier molecular flexibility index (Phi) is 7.71. The van der Waals surface area contributed by atoms with Crippen LogP contribution >= 0.6 is 0 Å². The predicted molar refractivity (Wildman–Crippen MR) is 85.1 cm³/mol. The first-order valence-electron chi connectivity index (χ1n) is 8.98. The molecule has 8 heteroatoms. The zero-order valence-corrected chi connectivity index (χ0v) is 17.3. The molecule has 3 rings (SSSR count). The van der Waals surface area contributed by atoms with Gasteiger partial charge in [0.1, 0.15) is 0 Å². The third-order valence-electron chi connectivity index (χ3n) is 6.01. The van der Waals surface area contributed by atoms with E-state index in [9.17, 15) is 18.1 Å². The van der Waals surface area contributed by atoms with Gasteiger partial charge >= 0.3 is 29.6 Å². The fourth-order valence-electron chi connectivity index (χ4n) is 4.66. The normalized spacial score (nSPS) is 38.5. The Labute approximate surface area is 166 Å². The fourth-order valence-corrected chi connectivity index (χ4v) is 5.57. The molecule has 132 valence electrons. The van der Waals surface area contributed by atoms with Crippen molar-refractivity contribution in [3.8, 4) is 0 Å². The minimum Gasteiger partial charge on any atom is -0.748 e. The summed E-state index contributed by atoms with van der Waals surface area (Å²) in [4.78, 5) is 0. The topological polar surface area (TPSA) is 102 Å². The standard InChI is InChI=1S/C16H28N2O4S.Na/c19-15-9-6-11-10-13(23(20,21)22)7-8-14(11)16(15)18-17-12-4-2-1-3-5-12;/h11-16,19H,1-10H2,(H,20,21,22);/q;+1/p-1. The third kappa shape index (κ3) is 5.01. The molecule has 0 aliphatic heterocycles. The van der Waals surface area contributed by atoms with Gasteiger partial charge in [-0.3, -0.25) is 0 Å². The molecule has 3 aliphatic rings. The fraction of sp³-hybridized carbons (Fsp3) is 1.00. The van der Waals surface area contributed by atoms with Gasteiger partial charge in [-0.05, 0) is 56.8 Å². The summed E-state index contributed by atoms with van der Waals surface area (Å²) < 4.78 is 33.9. The number of nitrogens with zero attached hydrogens (tertiary/aromatic N) is 2. The zero-order chi connectivity index (χ0) is 16.4. The first-order chi connectivity index (χ1) is 10.9. The quantitative estimate of drug-likeness (QED) is 0.418. The summed E-state index contributed by atoms with van der Waals surface area (Å²) in [6, 6.07) is 0.0701. The summed E-state index contributed by atoms with van der Waals surface area (Å²) in [6.45, 7) is 0. The predicted octanol–water partition coefficient (Wildman–Crippen LogP) is -0.371. The van der Waals surface area contributed by atoms with Crippen LogP contribution in [0.4, 0.5) is 0 Å². The molecule has 0 amide bonds. The van der Waals surface area contributed by atoms with Gasteiger partial charge < -0.3 is 9.66 Å². The molecule has 0 bridgehead atoms. The van der Waals surface area contributed by atoms with Crippen LogP contribution in [0.15, 0.2) is 10.2 Å². The Morgan fingerprint density at radius 1 is 0.917 bits per heavy atom. The van der Waals surface area contributed by atoms with Crippen molar-refractivity contribution in [2.24, 2.45) is 22.1 Å². The van der Waals surface area contributed by atoms with Crippen LogP contribution in [-0.4, -0.2) is 41.5 Å². The molecule has 5 unspecified atom stereocenters. The summed E-state index contributed by atoms with van der Waals surface area (Å²) in [5, 5.41) is 18.6. The molecule has 3 saturated carbocycles. The van der Waals surface area contributed by atoms with Gasteiger partial charge in [-0.25, -0.2) is 8.42 Å². The van der Waals surface area contributed by atoms with Crippen LogP contribution in [-0.2, 0) is 10.1 Å². The van der Waals surface area contributed by atoms with E-state index < -0.39 is 21.5 Å². The minimum atomic E-state index is -4.20. The van der Waals surface area contributed by atoms with Crippen LogP contribution in [0.3, 0.4) is 0 Å². The van der Waals surface area contributed by atoms with Crippen molar-refractivity contribution < 1.29 is 47.6 Å². The molecule has 0 aromatic rings. The number of fused-ring (bicyclic) bond motifs is 1. The van der Waals surface area contributed by atoms with Crippen LogP contribution in [0.25, 0.3) is 0 Å². The van der Waals surface area contributed by atoms with Gasteiger partial charge in [-0.2, -0.15) is 10.2 Å². The largest absolute Gasteiger partial charge is 1.00 e. The summed E-state index contributed by atoms with van der Waals surface area (Å²) in [7, 11) is -4.20. The van der Waals surface area contributed by atoms with E-state index in [-0.39, 0.29) is 53.5 Å². The number of hydrogen-bond donors (Lipinski definition) is 1. The van der Waals surface area contributed by atoms with Gasteiger partial charge in [0.2, 0.25) is 0 Å². The maximum atomic E-state index is 11.3. The molecule has 1 N–H and O–H groups in total. The van der Waals surface area contributed by atoms with Crippen molar-refractivity contribution in [2.45, 2.75) is 87.6 Å². The molecule has 0 spiro atoms. The van der Waals surface area contributed by atoms with E-state index in [0.717, 1.165) is 19.3 Å². The second-order valence-corrected chi connectivity index (χ2v) is 9.16. The van der Waals surface area contributed by atoms with E-state index in [2.05, 4.69) is 10.2 Å². The maximum Gasteiger partial charge on any atom is 1.00 e. The average molecular weight is 366 g/mol. The monoisotopic (exact) mass is 366 g/mol. The van der Waals surface area contributed by atoms with Gasteiger partial charge in [0.15, 0.2) is 0 Å². The molecule has 0 aromatic heterocycles. The summed E-state index contributed by atoms with van der Waals surface area (Å²) in [5.74, 6) is 0.347. The van der Waals surface area contributed by atoms with Gasteiger partial charge in [-0.1, -0.05) is 19.3 Å². The van der Waals surface area contributed by atoms with Crippen LogP contribution in [0.1, 0.15) is 64.2 Å². The molecule has 0 heterocycles. The average Bonchev–Trinajstić information content (AvgIpc) is 2.53. The van der Waals surface area contributed by atoms with Gasteiger partial charge in [0.05, 0.1) is 28.3 Å². The number of aliphatic hydroxyl groups is 1. The second-order valence-electron chi connectivity index (χ2n) is 7.51. The molecule has 3 aliphatic carbocycles. The Morgan fingerprint density at radius 2 is 1.62 bits per heavy atom. The second kappa shape index (κ2) is 8.91. The molecular weight excluding hydrogens is 339 g/mol. The van der Waals surface area contributed by atoms with Crippen LogP contribution in [0.2, 0.25) is 0 Å². The van der Waals surface area contributed by atoms with Crippen LogP contribution < -0.4 is 29.6 Å². The van der Waals surface area contributed by atoms with Crippen LogP contribution in [0, 0.1) is 11.8 Å². The minimum absolute atomic E-state index is 0. The molecule has 3 fully saturated rings. The summed E-state index contributed by atoms with van der Waals surface area (Å²) in [6.07, 6.45) is 8.24. The Morgan fingerprint density at radius 3 is 2.29 bits per heavy atom. The number of aliphatic hydroxyl groups excluding tert-OH is 1. The SMILES string of the molecule is O=S(=O)([O-])C1CCC2C(CCC(O)C2N=NC2CCCCC2)C1.[Na+]. The summed E-state index contributed by atoms with van der Waals surface area (Å²) in [5.41, 5.74) is 0. The molecular formula is C16H27N2NaO4S. The Balaban J connectivity index is 0.00000208. The molecule has 6 nitrogen and oxygen atoms in total. The van der Waals surface area contributed by atoms with E-state index in [1.807, 2.05) is 0 Å². The van der Waals surface area contributed by atoms with E-state index in [4.69, 9.17) is 0 Å². The van der Waals surface area contributed by atoms with E-state index in [1.54, 1.807) is 0 Å². The Hall–Kier alpha value is 0.470. The van der Waals surface area contributed by atoms with Gasteiger partial charge in [-0.15, -0.1) is 0 Å². The van der Waals surface area contributed by atoms with E-state index in [1.165, 1.54) is 19.3 Å². The van der Waals surface area contributed by atoms with Crippen molar-refractivity contribution in [3.05, 3.63) is 0 Å². The van der Waals surface area contributed by atoms with Crippen molar-refractivity contribution in [2.75, 3.05) is 0 Å². The smallest absolute Gasteiger partial charge is 0.748 e. The number of rotatable bonds is 3. The van der Waals surface area contributed by atoms with Crippen molar-refractivity contribution in [1.82, 2.24) is 0 Å². The molecule has 0 aromatic carbocycles. The first kappa shape index (κ1) is 20.8.